The summed E-state index contributed by atoms with van der Waals surface area (Å²) < 4.78 is 20.9. The number of rotatable bonds is 0. The van der Waals surface area contributed by atoms with Crippen LogP contribution in [-0.2, 0) is 0 Å². The standard InChI is InChI=1S/C5H7N3/c1-4-5(6)8-3-2-7-4/h2-3H,1H3,(H2,6,8)/i1D3. The highest BCUT2D eigenvalue weighted by Gasteiger charge is 1.88. The fraction of sp³-hybridized carbons (Fsp3) is 0.200. The van der Waals surface area contributed by atoms with E-state index in [2.05, 4.69) is 9.97 Å². The Morgan fingerprint density at radius 3 is 2.88 bits per heavy atom. The molecule has 1 rings (SSSR count). The first kappa shape index (κ1) is 2.44. The number of nitrogens with zero attached hydrogens (tertiary/aromatic N) is 2. The molecule has 0 atom stereocenters. The molecule has 0 saturated carbocycles. The average molecular weight is 112 g/mol. The maximum Gasteiger partial charge on any atom is 0.144 e. The third kappa shape index (κ3) is 0.753. The van der Waals surface area contributed by atoms with Crippen LogP contribution in [0.25, 0.3) is 0 Å². The SMILES string of the molecule is [2H]C([2H])([2H])c1nccnc1N. The number of nitrogen functional groups attached to an aromatic ring is 1. The van der Waals surface area contributed by atoms with Gasteiger partial charge in [-0.1, -0.05) is 0 Å². The quantitative estimate of drug-likeness (QED) is 0.527. The third-order valence-corrected chi connectivity index (χ3v) is 0.727. The van der Waals surface area contributed by atoms with E-state index in [1.165, 1.54) is 12.4 Å². The molecular weight excluding hydrogens is 102 g/mol. The van der Waals surface area contributed by atoms with Crippen LogP contribution >= 0.6 is 0 Å². The Morgan fingerprint density at radius 2 is 2.38 bits per heavy atom. The Morgan fingerprint density at radius 1 is 1.62 bits per heavy atom. The number of hydrogen-bond acceptors (Lipinski definition) is 3. The second-order valence-corrected chi connectivity index (χ2v) is 1.29. The van der Waals surface area contributed by atoms with Crippen LogP contribution in [0.4, 0.5) is 5.82 Å². The zero-order valence-corrected chi connectivity index (χ0v) is 4.13. The van der Waals surface area contributed by atoms with Gasteiger partial charge in [-0.25, -0.2) is 4.98 Å². The highest BCUT2D eigenvalue weighted by molar-refractivity contribution is 5.30. The number of anilines is 1. The van der Waals surface area contributed by atoms with Crippen LogP contribution in [0.5, 0.6) is 0 Å². The molecule has 0 fully saturated rings. The first-order valence-electron chi connectivity index (χ1n) is 3.59. The van der Waals surface area contributed by atoms with Crippen molar-refractivity contribution in [3.63, 3.8) is 0 Å². The van der Waals surface area contributed by atoms with Gasteiger partial charge in [-0.2, -0.15) is 0 Å². The third-order valence-electron chi connectivity index (χ3n) is 0.727. The van der Waals surface area contributed by atoms with Gasteiger partial charge in [0, 0.05) is 16.5 Å². The van der Waals surface area contributed by atoms with Crippen LogP contribution in [-0.4, -0.2) is 9.97 Å². The van der Waals surface area contributed by atoms with Gasteiger partial charge in [0.2, 0.25) is 0 Å². The molecule has 0 amide bonds. The van der Waals surface area contributed by atoms with Crippen molar-refractivity contribution in [2.45, 2.75) is 6.85 Å². The molecule has 1 aromatic rings. The molecule has 42 valence electrons. The summed E-state index contributed by atoms with van der Waals surface area (Å²) in [6, 6.07) is 0. The van der Waals surface area contributed by atoms with E-state index >= 15 is 0 Å². The lowest BCUT2D eigenvalue weighted by Gasteiger charge is -1.91. The first-order chi connectivity index (χ1) is 5.02. The van der Waals surface area contributed by atoms with Crippen LogP contribution in [0.3, 0.4) is 0 Å². The Kier molecular flexibility index (Phi) is 0.541. The zero-order chi connectivity index (χ0) is 8.48. The van der Waals surface area contributed by atoms with Crippen molar-refractivity contribution in [1.82, 2.24) is 9.97 Å². The molecule has 8 heavy (non-hydrogen) atoms. The smallest absolute Gasteiger partial charge is 0.144 e. The molecule has 0 spiro atoms. The second kappa shape index (κ2) is 1.78. The van der Waals surface area contributed by atoms with E-state index in [-0.39, 0.29) is 11.5 Å². The summed E-state index contributed by atoms with van der Waals surface area (Å²) in [5.74, 6) is -0.0347. The Labute approximate surface area is 51.8 Å². The molecule has 0 radical (unpaired) electrons. The van der Waals surface area contributed by atoms with E-state index in [0.29, 0.717) is 0 Å². The summed E-state index contributed by atoms with van der Waals surface area (Å²) in [5, 5.41) is 0. The van der Waals surface area contributed by atoms with Crippen LogP contribution in [0, 0.1) is 6.85 Å². The van der Waals surface area contributed by atoms with Crippen LogP contribution in [0.2, 0.25) is 0 Å². The molecule has 0 aliphatic rings. The highest BCUT2D eigenvalue weighted by Crippen LogP contribution is 1.97. The Bertz CT molecular complexity index is 257. The monoisotopic (exact) mass is 112 g/mol. The Hall–Kier alpha value is -1.12. The molecule has 1 heterocycles. The number of nitrogens with two attached hydrogens (primary N) is 1. The highest BCUT2D eigenvalue weighted by atomic mass is 14.9. The predicted molar refractivity (Wildman–Crippen MR) is 31.2 cm³/mol. The molecule has 0 aliphatic heterocycles. The van der Waals surface area contributed by atoms with Crippen LogP contribution < -0.4 is 5.73 Å². The van der Waals surface area contributed by atoms with E-state index in [1.807, 2.05) is 0 Å². The summed E-state index contributed by atoms with van der Waals surface area (Å²) >= 11 is 0. The summed E-state index contributed by atoms with van der Waals surface area (Å²) in [5.41, 5.74) is 5.13. The van der Waals surface area contributed by atoms with Crippen molar-refractivity contribution in [3.05, 3.63) is 18.1 Å². The molecule has 3 nitrogen and oxygen atoms in total. The van der Waals surface area contributed by atoms with E-state index in [4.69, 9.17) is 9.85 Å². The van der Waals surface area contributed by atoms with E-state index in [9.17, 15) is 0 Å². The van der Waals surface area contributed by atoms with Gasteiger partial charge >= 0.3 is 0 Å². The van der Waals surface area contributed by atoms with E-state index in [1.54, 1.807) is 0 Å². The lowest BCUT2D eigenvalue weighted by atomic mass is 10.5. The Balaban J connectivity index is 3.14. The van der Waals surface area contributed by atoms with Gasteiger partial charge in [0.15, 0.2) is 0 Å². The fourth-order valence-corrected chi connectivity index (χ4v) is 0.349. The average Bonchev–Trinajstić information content (AvgIpc) is 1.86. The minimum absolute atomic E-state index is 0.0347. The van der Waals surface area contributed by atoms with Crippen molar-refractivity contribution < 1.29 is 4.11 Å². The molecule has 0 aliphatic carbocycles. The minimum atomic E-state index is -2.27. The lowest BCUT2D eigenvalue weighted by Crippen LogP contribution is -1.94. The molecule has 0 unspecified atom stereocenters. The van der Waals surface area contributed by atoms with Gasteiger partial charge in [0.25, 0.3) is 0 Å². The van der Waals surface area contributed by atoms with Gasteiger partial charge in [0.05, 0.1) is 5.69 Å². The summed E-state index contributed by atoms with van der Waals surface area (Å²) in [7, 11) is 0. The number of hydrogen-bond donors (Lipinski definition) is 1. The zero-order valence-electron chi connectivity index (χ0n) is 7.13. The van der Waals surface area contributed by atoms with Crippen LogP contribution in [0.1, 0.15) is 9.81 Å². The van der Waals surface area contributed by atoms with E-state index in [0.717, 1.165) is 0 Å². The van der Waals surface area contributed by atoms with Crippen molar-refractivity contribution in [2.75, 3.05) is 5.73 Å². The second-order valence-electron chi connectivity index (χ2n) is 1.29. The maximum atomic E-state index is 6.96. The topological polar surface area (TPSA) is 51.8 Å². The van der Waals surface area contributed by atoms with Gasteiger partial charge < -0.3 is 5.73 Å². The number of aromatic nitrogens is 2. The molecule has 0 aromatic carbocycles. The molecule has 0 saturated heterocycles. The van der Waals surface area contributed by atoms with E-state index < -0.39 is 6.85 Å². The summed E-state index contributed by atoms with van der Waals surface area (Å²) in [6.07, 6.45) is 2.66. The fourth-order valence-electron chi connectivity index (χ4n) is 0.349. The maximum absolute atomic E-state index is 6.96. The van der Waals surface area contributed by atoms with Gasteiger partial charge in [0.1, 0.15) is 5.82 Å². The molecule has 1 aromatic heterocycles. The molecule has 0 bridgehead atoms. The van der Waals surface area contributed by atoms with Crippen LogP contribution in [0.15, 0.2) is 12.4 Å². The van der Waals surface area contributed by atoms with Crippen molar-refractivity contribution >= 4 is 5.82 Å². The molecular formula is C5H7N3. The van der Waals surface area contributed by atoms with Crippen molar-refractivity contribution in [2.24, 2.45) is 0 Å². The largest absolute Gasteiger partial charge is 0.382 e. The lowest BCUT2D eigenvalue weighted by molar-refractivity contribution is 1.13. The molecule has 2 N–H and O–H groups in total. The van der Waals surface area contributed by atoms with Crippen molar-refractivity contribution in [1.29, 1.82) is 0 Å². The number of aryl methyl sites for hydroxylation is 1. The minimum Gasteiger partial charge on any atom is -0.382 e. The predicted octanol–water partition coefficient (Wildman–Crippen LogP) is 0.367. The normalized spacial score (nSPS) is 16.2. The van der Waals surface area contributed by atoms with Gasteiger partial charge in [-0.15, -0.1) is 0 Å². The summed E-state index contributed by atoms with van der Waals surface area (Å²) in [6.45, 7) is -2.27. The van der Waals surface area contributed by atoms with Gasteiger partial charge in [-0.05, 0) is 6.85 Å². The van der Waals surface area contributed by atoms with Gasteiger partial charge in [-0.3, -0.25) is 4.98 Å². The van der Waals surface area contributed by atoms with Crippen molar-refractivity contribution in [3.8, 4) is 0 Å². The summed E-state index contributed by atoms with van der Waals surface area (Å²) in [4.78, 5) is 7.20. The molecule has 3 heteroatoms. The first-order valence-corrected chi connectivity index (χ1v) is 2.09.